The highest BCUT2D eigenvalue weighted by Gasteiger charge is 2.06. The van der Waals surface area contributed by atoms with Crippen molar-refractivity contribution in [3.63, 3.8) is 0 Å². The Bertz CT molecular complexity index is 561. The van der Waals surface area contributed by atoms with E-state index < -0.39 is 0 Å². The van der Waals surface area contributed by atoms with Gasteiger partial charge in [-0.2, -0.15) is 0 Å². The Morgan fingerprint density at radius 1 is 1.24 bits per heavy atom. The van der Waals surface area contributed by atoms with Gasteiger partial charge in [0.2, 0.25) is 0 Å². The van der Waals surface area contributed by atoms with Gasteiger partial charge >= 0.3 is 0 Å². The topological polar surface area (TPSA) is 28.4 Å². The van der Waals surface area contributed by atoms with Gasteiger partial charge in [0.1, 0.15) is 5.76 Å². The number of thiocarbonyl (C=S) groups is 1. The highest BCUT2D eigenvalue weighted by molar-refractivity contribution is 7.80. The number of hydrogen-bond acceptors (Lipinski definition) is 2. The van der Waals surface area contributed by atoms with Crippen LogP contribution in [0.15, 0.2) is 47.1 Å². The molecule has 1 heterocycles. The number of nitrogens with one attached hydrogen (secondary N) is 1. The molecule has 0 unspecified atom stereocenters. The van der Waals surface area contributed by atoms with Crippen molar-refractivity contribution in [1.29, 1.82) is 0 Å². The van der Waals surface area contributed by atoms with Gasteiger partial charge in [-0.1, -0.05) is 38.1 Å². The summed E-state index contributed by atoms with van der Waals surface area (Å²) in [5.41, 5.74) is 2.61. The summed E-state index contributed by atoms with van der Waals surface area (Å²) in [7, 11) is 1.99. The van der Waals surface area contributed by atoms with Gasteiger partial charge < -0.3 is 14.6 Å². The molecule has 0 saturated heterocycles. The maximum absolute atomic E-state index is 5.39. The normalized spacial score (nSPS) is 10.7. The summed E-state index contributed by atoms with van der Waals surface area (Å²) in [6, 6.07) is 12.5. The molecule has 1 N–H and O–H groups in total. The summed E-state index contributed by atoms with van der Waals surface area (Å²) < 4.78 is 5.28. The molecule has 112 valence electrons. The molecule has 21 heavy (non-hydrogen) atoms. The highest BCUT2D eigenvalue weighted by atomic mass is 32.1. The third-order valence-electron chi connectivity index (χ3n) is 3.41. The third kappa shape index (κ3) is 4.60. The zero-order valence-electron chi connectivity index (χ0n) is 12.8. The van der Waals surface area contributed by atoms with Crippen LogP contribution < -0.4 is 5.32 Å². The minimum Gasteiger partial charge on any atom is -0.467 e. The van der Waals surface area contributed by atoms with Gasteiger partial charge in [-0.15, -0.1) is 0 Å². The molecule has 0 spiro atoms. The quantitative estimate of drug-likeness (QED) is 0.848. The fraction of sp³-hybridized carbons (Fsp3) is 0.353. The first-order valence-electron chi connectivity index (χ1n) is 7.16. The molecule has 0 fully saturated rings. The van der Waals surface area contributed by atoms with Gasteiger partial charge in [0.05, 0.1) is 12.8 Å². The van der Waals surface area contributed by atoms with Crippen LogP contribution in [0.25, 0.3) is 0 Å². The van der Waals surface area contributed by atoms with Gasteiger partial charge in [-0.05, 0) is 41.4 Å². The maximum atomic E-state index is 5.39. The number of rotatable bonds is 5. The lowest BCUT2D eigenvalue weighted by Crippen LogP contribution is -2.36. The SMILES string of the molecule is CC(C)c1ccc(CN(C)C(=S)NCc2ccco2)cc1. The summed E-state index contributed by atoms with van der Waals surface area (Å²) in [6.07, 6.45) is 1.67. The minimum absolute atomic E-state index is 0.563. The van der Waals surface area contributed by atoms with E-state index >= 15 is 0 Å². The zero-order chi connectivity index (χ0) is 15.2. The van der Waals surface area contributed by atoms with Crippen molar-refractivity contribution in [3.05, 3.63) is 59.5 Å². The molecule has 3 nitrogen and oxygen atoms in total. The predicted octanol–water partition coefficient (Wildman–Crippen LogP) is 3.91. The molecule has 4 heteroatoms. The first-order valence-corrected chi connectivity index (χ1v) is 7.57. The van der Waals surface area contributed by atoms with Crippen LogP contribution in [0.5, 0.6) is 0 Å². The number of benzene rings is 1. The van der Waals surface area contributed by atoms with Gasteiger partial charge in [-0.25, -0.2) is 0 Å². The molecule has 0 atom stereocenters. The Hall–Kier alpha value is -1.81. The Morgan fingerprint density at radius 2 is 1.95 bits per heavy atom. The van der Waals surface area contributed by atoms with Crippen LogP contribution in [0.4, 0.5) is 0 Å². The Labute approximate surface area is 132 Å². The molecule has 0 aliphatic rings. The number of hydrogen-bond donors (Lipinski definition) is 1. The lowest BCUT2D eigenvalue weighted by atomic mass is 10.0. The molecule has 0 saturated carbocycles. The largest absolute Gasteiger partial charge is 0.467 e. The monoisotopic (exact) mass is 302 g/mol. The Morgan fingerprint density at radius 3 is 2.52 bits per heavy atom. The van der Waals surface area contributed by atoms with Gasteiger partial charge in [0.15, 0.2) is 5.11 Å². The second-order valence-electron chi connectivity index (χ2n) is 5.49. The molecular formula is C17H22N2OS. The summed E-state index contributed by atoms with van der Waals surface area (Å²) in [4.78, 5) is 2.03. The van der Waals surface area contributed by atoms with Crippen molar-refractivity contribution in [2.45, 2.75) is 32.9 Å². The van der Waals surface area contributed by atoms with Crippen molar-refractivity contribution >= 4 is 17.3 Å². The van der Waals surface area contributed by atoms with E-state index in [1.807, 2.05) is 24.1 Å². The van der Waals surface area contributed by atoms with Crippen molar-refractivity contribution in [2.24, 2.45) is 0 Å². The average molecular weight is 302 g/mol. The maximum Gasteiger partial charge on any atom is 0.169 e. The first kappa shape index (κ1) is 15.6. The van der Waals surface area contributed by atoms with E-state index in [2.05, 4.69) is 43.4 Å². The third-order valence-corrected chi connectivity index (χ3v) is 3.86. The minimum atomic E-state index is 0.563. The zero-order valence-corrected chi connectivity index (χ0v) is 13.6. The average Bonchev–Trinajstić information content (AvgIpc) is 2.98. The molecule has 2 aromatic rings. The molecule has 1 aromatic heterocycles. The second kappa shape index (κ2) is 7.27. The Balaban J connectivity index is 1.85. The van der Waals surface area contributed by atoms with Crippen LogP contribution in [0.3, 0.4) is 0 Å². The van der Waals surface area contributed by atoms with Crippen LogP contribution in [0.1, 0.15) is 36.7 Å². The van der Waals surface area contributed by atoms with E-state index in [1.54, 1.807) is 6.26 Å². The van der Waals surface area contributed by atoms with E-state index in [0.29, 0.717) is 12.5 Å². The van der Waals surface area contributed by atoms with Crippen LogP contribution in [0.2, 0.25) is 0 Å². The fourth-order valence-electron chi connectivity index (χ4n) is 2.06. The van der Waals surface area contributed by atoms with Gasteiger partial charge in [0.25, 0.3) is 0 Å². The van der Waals surface area contributed by atoms with E-state index in [1.165, 1.54) is 11.1 Å². The van der Waals surface area contributed by atoms with Crippen LogP contribution >= 0.6 is 12.2 Å². The van der Waals surface area contributed by atoms with Crippen LogP contribution in [-0.4, -0.2) is 17.1 Å². The van der Waals surface area contributed by atoms with Crippen molar-refractivity contribution in [3.8, 4) is 0 Å². The summed E-state index contributed by atoms with van der Waals surface area (Å²) in [6.45, 7) is 5.81. The highest BCUT2D eigenvalue weighted by Crippen LogP contribution is 2.15. The van der Waals surface area contributed by atoms with E-state index in [-0.39, 0.29) is 0 Å². The van der Waals surface area contributed by atoms with Gasteiger partial charge in [0, 0.05) is 13.6 Å². The fourth-order valence-corrected chi connectivity index (χ4v) is 2.20. The van der Waals surface area contributed by atoms with E-state index in [4.69, 9.17) is 16.6 Å². The molecule has 0 radical (unpaired) electrons. The smallest absolute Gasteiger partial charge is 0.169 e. The first-order chi connectivity index (χ1) is 10.1. The molecular weight excluding hydrogens is 280 g/mol. The lowest BCUT2D eigenvalue weighted by molar-refractivity contribution is 0.468. The van der Waals surface area contributed by atoms with Crippen molar-refractivity contribution in [2.75, 3.05) is 7.05 Å². The molecule has 1 aromatic carbocycles. The van der Waals surface area contributed by atoms with Crippen molar-refractivity contribution < 1.29 is 4.42 Å². The molecule has 2 rings (SSSR count). The summed E-state index contributed by atoms with van der Waals surface area (Å²) >= 11 is 5.39. The van der Waals surface area contributed by atoms with Crippen molar-refractivity contribution in [1.82, 2.24) is 10.2 Å². The van der Waals surface area contributed by atoms with Gasteiger partial charge in [-0.3, -0.25) is 0 Å². The van der Waals surface area contributed by atoms with Crippen LogP contribution in [-0.2, 0) is 13.1 Å². The van der Waals surface area contributed by atoms with Crippen LogP contribution in [0, 0.1) is 0 Å². The number of nitrogens with zero attached hydrogens (tertiary/aromatic N) is 1. The molecule has 0 aliphatic carbocycles. The standard InChI is InChI=1S/C17H22N2OS/c1-13(2)15-8-6-14(7-9-15)12-19(3)17(21)18-11-16-5-4-10-20-16/h4-10,13H,11-12H2,1-3H3,(H,18,21). The van der Waals surface area contributed by atoms with E-state index in [0.717, 1.165) is 17.4 Å². The predicted molar refractivity (Wildman–Crippen MR) is 90.1 cm³/mol. The van der Waals surface area contributed by atoms with E-state index in [9.17, 15) is 0 Å². The Kier molecular flexibility index (Phi) is 5.39. The summed E-state index contributed by atoms with van der Waals surface area (Å²) in [5.74, 6) is 1.44. The number of furan rings is 1. The second-order valence-corrected chi connectivity index (χ2v) is 5.88. The molecule has 0 aliphatic heterocycles. The lowest BCUT2D eigenvalue weighted by Gasteiger charge is -2.21. The molecule has 0 bridgehead atoms. The molecule has 0 amide bonds. The summed E-state index contributed by atoms with van der Waals surface area (Å²) in [5, 5.41) is 3.92.